The van der Waals surface area contributed by atoms with Crippen LogP contribution in [0.2, 0.25) is 0 Å². The van der Waals surface area contributed by atoms with Crippen LogP contribution in [0.15, 0.2) is 24.3 Å². The highest BCUT2D eigenvalue weighted by molar-refractivity contribution is 5.86. The summed E-state index contributed by atoms with van der Waals surface area (Å²) in [6.45, 7) is 2.85. The number of carbonyl (C=O) groups excluding carboxylic acids is 1. The number of ether oxygens (including phenoxy) is 1. The Bertz CT molecular complexity index is 842. The maximum absolute atomic E-state index is 11.8. The second-order valence-corrected chi connectivity index (χ2v) is 8.21. The van der Waals surface area contributed by atoms with Gasteiger partial charge in [0, 0.05) is 41.5 Å². The topological polar surface area (TPSA) is 34.5 Å². The number of aldehydes is 1. The molecule has 0 aliphatic carbocycles. The number of aromatic nitrogens is 1. The summed E-state index contributed by atoms with van der Waals surface area (Å²) in [6.07, 6.45) is 3.33. The monoisotopic (exact) mass is 338 g/mol. The van der Waals surface area contributed by atoms with Crippen LogP contribution in [0.1, 0.15) is 30.6 Å². The van der Waals surface area contributed by atoms with Gasteiger partial charge >= 0.3 is 0 Å². The fraction of sp³-hybridized carbons (Fsp3) is 0.571. The van der Waals surface area contributed by atoms with Crippen LogP contribution < -0.4 is 0 Å². The molecule has 2 fully saturated rings. The van der Waals surface area contributed by atoms with Crippen molar-refractivity contribution in [1.82, 2.24) is 9.47 Å². The van der Waals surface area contributed by atoms with Gasteiger partial charge in [0.25, 0.3) is 0 Å². The van der Waals surface area contributed by atoms with Crippen molar-refractivity contribution < 1.29 is 9.53 Å². The van der Waals surface area contributed by atoms with Gasteiger partial charge in [-0.3, -0.25) is 4.90 Å². The van der Waals surface area contributed by atoms with Gasteiger partial charge in [0.05, 0.1) is 18.8 Å². The summed E-state index contributed by atoms with van der Waals surface area (Å²) in [5.74, 6) is 0.937. The molecule has 4 heterocycles. The van der Waals surface area contributed by atoms with Gasteiger partial charge in [0.2, 0.25) is 0 Å². The van der Waals surface area contributed by atoms with Crippen LogP contribution in [-0.4, -0.2) is 41.6 Å². The number of benzene rings is 1. The molecule has 4 nitrogen and oxygen atoms in total. The van der Waals surface area contributed by atoms with E-state index < -0.39 is 0 Å². The quantitative estimate of drug-likeness (QED) is 0.750. The summed E-state index contributed by atoms with van der Waals surface area (Å²) < 4.78 is 8.40. The zero-order valence-corrected chi connectivity index (χ0v) is 15.2. The molecule has 5 rings (SSSR count). The standard InChI is InChI=1S/C21H26N2O2/c1-12-16(10-24)14-8-20-21-15(9-19(22(20)2)17(14)11-25-12)13-6-4-5-7-18(13)23(21)3/h4-7,10,12,14,16-17,19-20H,8-9,11H2,1-3H3/t12-,14+,16+,17+,19-,20-/m0/s1. The third-order valence-corrected chi connectivity index (χ3v) is 7.29. The zero-order valence-electron chi connectivity index (χ0n) is 15.2. The second kappa shape index (κ2) is 5.42. The molecule has 1 aromatic carbocycles. The van der Waals surface area contributed by atoms with Crippen molar-refractivity contribution in [3.63, 3.8) is 0 Å². The van der Waals surface area contributed by atoms with E-state index in [0.29, 0.717) is 23.9 Å². The predicted octanol–water partition coefficient (Wildman–Crippen LogP) is 2.95. The summed E-state index contributed by atoms with van der Waals surface area (Å²) in [7, 11) is 4.46. The number of hydrogen-bond acceptors (Lipinski definition) is 3. The first kappa shape index (κ1) is 15.6. The lowest BCUT2D eigenvalue weighted by Crippen LogP contribution is -2.59. The maximum atomic E-state index is 11.8. The van der Waals surface area contributed by atoms with Crippen molar-refractivity contribution >= 4 is 17.2 Å². The van der Waals surface area contributed by atoms with E-state index in [4.69, 9.17) is 4.74 Å². The summed E-state index contributed by atoms with van der Waals surface area (Å²) in [6, 6.07) is 9.64. The van der Waals surface area contributed by atoms with Crippen molar-refractivity contribution in [3.05, 3.63) is 35.5 Å². The van der Waals surface area contributed by atoms with Gasteiger partial charge in [0.15, 0.2) is 0 Å². The zero-order chi connectivity index (χ0) is 17.3. The van der Waals surface area contributed by atoms with Gasteiger partial charge in [-0.25, -0.2) is 0 Å². The van der Waals surface area contributed by atoms with Gasteiger partial charge in [0.1, 0.15) is 6.29 Å². The number of carbonyl (C=O) groups is 1. The number of fused-ring (bicyclic) bond motifs is 8. The van der Waals surface area contributed by atoms with E-state index in [2.05, 4.69) is 54.8 Å². The summed E-state index contributed by atoms with van der Waals surface area (Å²) >= 11 is 0. The van der Waals surface area contributed by atoms with Crippen molar-refractivity contribution in [2.75, 3.05) is 13.7 Å². The molecule has 0 amide bonds. The second-order valence-electron chi connectivity index (χ2n) is 8.21. The smallest absolute Gasteiger partial charge is 0.125 e. The van der Waals surface area contributed by atoms with Crippen LogP contribution in [-0.2, 0) is 23.0 Å². The highest BCUT2D eigenvalue weighted by Gasteiger charge is 2.52. The normalized spacial score (nSPS) is 37.6. The third kappa shape index (κ3) is 1.98. The van der Waals surface area contributed by atoms with Crippen LogP contribution in [0.25, 0.3) is 10.9 Å². The van der Waals surface area contributed by atoms with Crippen molar-refractivity contribution in [3.8, 4) is 0 Å². The lowest BCUT2D eigenvalue weighted by molar-refractivity contribution is -0.150. The Balaban J connectivity index is 1.66. The number of piperidine rings is 1. The van der Waals surface area contributed by atoms with Gasteiger partial charge < -0.3 is 14.1 Å². The molecule has 2 saturated heterocycles. The predicted molar refractivity (Wildman–Crippen MR) is 97.5 cm³/mol. The number of para-hydroxylation sites is 1. The van der Waals surface area contributed by atoms with E-state index in [9.17, 15) is 4.79 Å². The molecule has 25 heavy (non-hydrogen) atoms. The van der Waals surface area contributed by atoms with E-state index in [1.165, 1.54) is 22.2 Å². The van der Waals surface area contributed by atoms with Crippen LogP contribution in [0.5, 0.6) is 0 Å². The van der Waals surface area contributed by atoms with Gasteiger partial charge in [-0.05, 0) is 44.4 Å². The average Bonchev–Trinajstić information content (AvgIpc) is 2.88. The molecular formula is C21H26N2O2. The molecule has 4 heteroatoms. The number of rotatable bonds is 1. The molecule has 0 saturated carbocycles. The Labute approximate surface area is 148 Å². The molecule has 2 bridgehead atoms. The van der Waals surface area contributed by atoms with Crippen molar-refractivity contribution in [2.24, 2.45) is 24.8 Å². The molecule has 3 aliphatic rings. The molecule has 0 N–H and O–H groups in total. The largest absolute Gasteiger partial charge is 0.377 e. The van der Waals surface area contributed by atoms with Crippen LogP contribution >= 0.6 is 0 Å². The van der Waals surface area contributed by atoms with Gasteiger partial charge in [-0.2, -0.15) is 0 Å². The Morgan fingerprint density at radius 3 is 2.80 bits per heavy atom. The van der Waals surface area contributed by atoms with Crippen LogP contribution in [0.3, 0.4) is 0 Å². The fourth-order valence-corrected chi connectivity index (χ4v) is 5.97. The van der Waals surface area contributed by atoms with E-state index in [1.807, 2.05) is 0 Å². The lowest BCUT2D eigenvalue weighted by atomic mass is 9.64. The minimum absolute atomic E-state index is 0.0358. The summed E-state index contributed by atoms with van der Waals surface area (Å²) in [5.41, 5.74) is 4.31. The van der Waals surface area contributed by atoms with Crippen LogP contribution in [0.4, 0.5) is 0 Å². The number of nitrogens with zero attached hydrogens (tertiary/aromatic N) is 2. The van der Waals surface area contributed by atoms with Crippen LogP contribution in [0, 0.1) is 17.8 Å². The molecule has 0 unspecified atom stereocenters. The third-order valence-electron chi connectivity index (χ3n) is 7.29. The van der Waals surface area contributed by atoms with Crippen molar-refractivity contribution in [1.29, 1.82) is 0 Å². The Kier molecular flexibility index (Phi) is 3.38. The molecule has 132 valence electrons. The molecule has 0 spiro atoms. The minimum atomic E-state index is 0.0358. The molecule has 3 aliphatic heterocycles. The number of hydrogen-bond donors (Lipinski definition) is 0. The Morgan fingerprint density at radius 2 is 2.00 bits per heavy atom. The highest BCUT2D eigenvalue weighted by Crippen LogP contribution is 2.51. The minimum Gasteiger partial charge on any atom is -0.377 e. The molecule has 1 aromatic heterocycles. The summed E-state index contributed by atoms with van der Waals surface area (Å²) in [4.78, 5) is 14.3. The summed E-state index contributed by atoms with van der Waals surface area (Å²) in [5, 5.41) is 1.40. The first-order chi connectivity index (χ1) is 12.1. The first-order valence-electron chi connectivity index (χ1n) is 9.46. The number of aryl methyl sites for hydroxylation is 1. The van der Waals surface area contributed by atoms with E-state index in [-0.39, 0.29) is 12.0 Å². The van der Waals surface area contributed by atoms with Gasteiger partial charge in [-0.1, -0.05) is 18.2 Å². The van der Waals surface area contributed by atoms with E-state index in [0.717, 1.165) is 25.7 Å². The molecule has 0 radical (unpaired) electrons. The molecule has 6 atom stereocenters. The first-order valence-corrected chi connectivity index (χ1v) is 9.46. The van der Waals surface area contributed by atoms with Crippen molar-refractivity contribution in [2.45, 2.75) is 38.0 Å². The Hall–Kier alpha value is -1.65. The molecule has 2 aromatic rings. The SMILES string of the molecule is C[C@@H]1OC[C@@H]2[C@H](C[C@H]3c4c(c5ccccc5n4C)C[C@@H]2N3C)[C@@H]1C=O. The van der Waals surface area contributed by atoms with E-state index >= 15 is 0 Å². The lowest BCUT2D eigenvalue weighted by Gasteiger charge is -2.55. The molecular weight excluding hydrogens is 312 g/mol. The number of likely N-dealkylation sites (N-methyl/N-ethyl adjacent to an activating group) is 1. The van der Waals surface area contributed by atoms with E-state index in [1.54, 1.807) is 0 Å². The Morgan fingerprint density at radius 1 is 1.20 bits per heavy atom. The fourth-order valence-electron chi connectivity index (χ4n) is 5.97. The van der Waals surface area contributed by atoms with Gasteiger partial charge in [-0.15, -0.1) is 0 Å². The highest BCUT2D eigenvalue weighted by atomic mass is 16.5. The average molecular weight is 338 g/mol. The maximum Gasteiger partial charge on any atom is 0.125 e.